The lowest BCUT2D eigenvalue weighted by molar-refractivity contribution is -0.952. The molecule has 0 aromatic carbocycles. The average Bonchev–Trinajstić information content (AvgIpc) is 2.53. The van der Waals surface area contributed by atoms with Crippen LogP contribution in [0.3, 0.4) is 0 Å². The maximum absolute atomic E-state index is 9.75. The van der Waals surface area contributed by atoms with E-state index in [0.29, 0.717) is 6.04 Å². The molecule has 0 saturated carbocycles. The van der Waals surface area contributed by atoms with Crippen molar-refractivity contribution in [2.45, 2.75) is 91.5 Å². The van der Waals surface area contributed by atoms with Crippen LogP contribution in [-0.4, -0.2) is 37.4 Å². The Kier molecular flexibility index (Phi) is 16.4. The van der Waals surface area contributed by atoms with E-state index in [1.54, 1.807) is 0 Å². The molecule has 0 aromatic rings. The normalized spacial score (nSPS) is 12.9. The molecule has 0 N–H and O–H groups in total. The molecule has 1 unspecified atom stereocenters. The fourth-order valence-electron chi connectivity index (χ4n) is 3.31. The first-order valence-electron chi connectivity index (χ1n) is 9.80. The Morgan fingerprint density at radius 3 is 1.40 bits per heavy atom. The van der Waals surface area contributed by atoms with Gasteiger partial charge in [-0.15, -0.1) is 0 Å². The number of halogens is 4. The minimum absolute atomic E-state index is 0.564. The first kappa shape index (κ1) is 26.5. The Hall–Kier alpha value is -0.765. The molecule has 0 aliphatic carbocycles. The lowest BCUT2D eigenvalue weighted by Crippen LogP contribution is -2.57. The van der Waals surface area contributed by atoms with Crippen LogP contribution in [0, 0.1) is 11.3 Å². The molecule has 0 radical (unpaired) electrons. The number of hydrogen-bond acceptors (Lipinski definition) is 1. The van der Waals surface area contributed by atoms with Crippen LogP contribution in [0.5, 0.6) is 0 Å². The fraction of sp³-hybridized carbons (Fsp3) is 0.944. The highest BCUT2D eigenvalue weighted by atomic mass is 19.5. The summed E-state index contributed by atoms with van der Waals surface area (Å²) in [6, 6.07) is 3.04. The van der Waals surface area contributed by atoms with E-state index in [-0.39, 0.29) is 0 Å². The molecule has 0 aromatic heterocycles. The van der Waals surface area contributed by atoms with Crippen molar-refractivity contribution in [2.24, 2.45) is 0 Å². The second-order valence-corrected chi connectivity index (χ2v) is 6.75. The van der Waals surface area contributed by atoms with Crippen LogP contribution in [0.4, 0.5) is 17.3 Å². The summed E-state index contributed by atoms with van der Waals surface area (Å²) in [6.07, 6.45) is 10.9. The van der Waals surface area contributed by atoms with Crippen LogP contribution in [0.1, 0.15) is 85.5 Å². The second kappa shape index (κ2) is 15.5. The van der Waals surface area contributed by atoms with Gasteiger partial charge in [-0.3, -0.25) is 0 Å². The van der Waals surface area contributed by atoms with Gasteiger partial charge in [-0.25, -0.2) is 0 Å². The number of unbranched alkanes of at least 4 members (excludes halogenated alkanes) is 3. The molecule has 0 spiro atoms. The van der Waals surface area contributed by atoms with Crippen LogP contribution in [0.15, 0.2) is 0 Å². The van der Waals surface area contributed by atoms with Gasteiger partial charge in [0.05, 0.1) is 32.1 Å². The summed E-state index contributed by atoms with van der Waals surface area (Å²) in [5, 5.41) is 9.24. The van der Waals surface area contributed by atoms with Gasteiger partial charge < -0.3 is 21.7 Å². The molecule has 0 fully saturated rings. The first-order valence-corrected chi connectivity index (χ1v) is 9.80. The van der Waals surface area contributed by atoms with Crippen molar-refractivity contribution in [1.82, 2.24) is 0 Å². The molecule has 0 aliphatic rings. The number of nitrogens with zero attached hydrogens (tertiary/aromatic N) is 2. The predicted octanol–water partition coefficient (Wildman–Crippen LogP) is 6.59. The molecule has 7 heteroatoms. The molecule has 0 rings (SSSR count). The third-order valence-corrected chi connectivity index (χ3v) is 4.59. The molecule has 0 bridgehead atoms. The van der Waals surface area contributed by atoms with Gasteiger partial charge in [-0.2, -0.15) is 5.26 Å². The Balaban J connectivity index is 0. The molecule has 0 heterocycles. The zero-order valence-electron chi connectivity index (χ0n) is 16.5. The quantitative estimate of drug-likeness (QED) is 0.204. The van der Waals surface area contributed by atoms with Crippen LogP contribution in [0.25, 0.3) is 0 Å². The topological polar surface area (TPSA) is 23.8 Å². The highest BCUT2D eigenvalue weighted by Crippen LogP contribution is 2.25. The highest BCUT2D eigenvalue weighted by Gasteiger charge is 2.34. The van der Waals surface area contributed by atoms with Crippen molar-refractivity contribution in [1.29, 1.82) is 5.26 Å². The summed E-state index contributed by atoms with van der Waals surface area (Å²) < 4.78 is 40.2. The van der Waals surface area contributed by atoms with E-state index in [4.69, 9.17) is 0 Å². The van der Waals surface area contributed by atoms with Gasteiger partial charge in [0.1, 0.15) is 6.04 Å². The Bertz CT molecular complexity index is 315. The summed E-state index contributed by atoms with van der Waals surface area (Å²) in [5.41, 5.74) is 0. The molecular formula is C18H37BF4N2. The summed E-state index contributed by atoms with van der Waals surface area (Å²) in [6.45, 7) is 13.0. The van der Waals surface area contributed by atoms with Crippen LogP contribution >= 0.6 is 0 Å². The van der Waals surface area contributed by atoms with Crippen molar-refractivity contribution in [3.8, 4) is 6.07 Å². The molecule has 25 heavy (non-hydrogen) atoms. The van der Waals surface area contributed by atoms with E-state index in [1.807, 2.05) is 0 Å². The van der Waals surface area contributed by atoms with Crippen LogP contribution in [0.2, 0.25) is 0 Å². The first-order chi connectivity index (χ1) is 11.7. The third kappa shape index (κ3) is 15.2. The Morgan fingerprint density at radius 2 is 1.16 bits per heavy atom. The monoisotopic (exact) mass is 368 g/mol. The number of hydrogen-bond donors (Lipinski definition) is 0. The summed E-state index contributed by atoms with van der Waals surface area (Å²) in [5.74, 6) is 0. The molecule has 2 nitrogen and oxygen atoms in total. The Morgan fingerprint density at radius 1 is 0.800 bits per heavy atom. The van der Waals surface area contributed by atoms with Gasteiger partial charge in [-0.05, 0) is 19.3 Å². The van der Waals surface area contributed by atoms with Crippen molar-refractivity contribution in [2.75, 3.05) is 19.6 Å². The average molecular weight is 368 g/mol. The molecule has 0 saturated heterocycles. The Labute approximate surface area is 152 Å². The van der Waals surface area contributed by atoms with Crippen LogP contribution < -0.4 is 0 Å². The van der Waals surface area contributed by atoms with Gasteiger partial charge in [-0.1, -0.05) is 53.4 Å². The molecule has 150 valence electrons. The minimum atomic E-state index is -6.00. The van der Waals surface area contributed by atoms with Gasteiger partial charge in [0.25, 0.3) is 0 Å². The maximum Gasteiger partial charge on any atom is 0.673 e. The van der Waals surface area contributed by atoms with E-state index in [1.165, 1.54) is 75.5 Å². The van der Waals surface area contributed by atoms with E-state index < -0.39 is 7.25 Å². The van der Waals surface area contributed by atoms with Gasteiger partial charge >= 0.3 is 7.25 Å². The van der Waals surface area contributed by atoms with Gasteiger partial charge in [0.2, 0.25) is 0 Å². The van der Waals surface area contributed by atoms with E-state index in [9.17, 15) is 22.5 Å². The van der Waals surface area contributed by atoms with Crippen molar-refractivity contribution in [3.05, 3.63) is 0 Å². The minimum Gasteiger partial charge on any atom is -0.418 e. The SMILES string of the molecule is CCCC[N+](CCCC)(CCCC)C(CC#N)CCC.F[B-](F)(F)F. The third-order valence-electron chi connectivity index (χ3n) is 4.59. The van der Waals surface area contributed by atoms with Crippen molar-refractivity contribution in [3.63, 3.8) is 0 Å². The maximum atomic E-state index is 9.75. The molecule has 0 amide bonds. The molecule has 0 aliphatic heterocycles. The largest absolute Gasteiger partial charge is 0.673 e. The van der Waals surface area contributed by atoms with E-state index in [2.05, 4.69) is 33.8 Å². The summed E-state index contributed by atoms with van der Waals surface area (Å²) in [4.78, 5) is 0. The lowest BCUT2D eigenvalue weighted by Gasteiger charge is -2.45. The van der Waals surface area contributed by atoms with Crippen molar-refractivity contribution >= 4 is 7.25 Å². The number of nitriles is 1. The summed E-state index contributed by atoms with van der Waals surface area (Å²) >= 11 is 0. The predicted molar refractivity (Wildman–Crippen MR) is 98.7 cm³/mol. The highest BCUT2D eigenvalue weighted by molar-refractivity contribution is 6.50. The number of quaternary nitrogens is 1. The van der Waals surface area contributed by atoms with Gasteiger partial charge in [0, 0.05) is 6.42 Å². The second-order valence-electron chi connectivity index (χ2n) is 6.75. The van der Waals surface area contributed by atoms with Gasteiger partial charge in [0.15, 0.2) is 0 Å². The smallest absolute Gasteiger partial charge is 0.418 e. The van der Waals surface area contributed by atoms with E-state index >= 15 is 0 Å². The molecule has 1 atom stereocenters. The summed E-state index contributed by atoms with van der Waals surface area (Å²) in [7, 11) is -6.00. The van der Waals surface area contributed by atoms with E-state index in [0.717, 1.165) is 6.42 Å². The number of rotatable bonds is 13. The van der Waals surface area contributed by atoms with Crippen molar-refractivity contribution < 1.29 is 21.7 Å². The zero-order valence-corrected chi connectivity index (χ0v) is 16.5. The fourth-order valence-corrected chi connectivity index (χ4v) is 3.31. The zero-order chi connectivity index (χ0) is 19.8. The standard InChI is InChI=1S/C18H37N2.BF4/c1-5-9-15-20(16-10-6-2,17-11-7-3)18(12-8-4)13-14-19;2-1(3,4)5/h18H,5-13,15-17H2,1-4H3;/q+1;-1. The molecular weight excluding hydrogens is 331 g/mol. The van der Waals surface area contributed by atoms with Crippen LogP contribution in [-0.2, 0) is 0 Å². The lowest BCUT2D eigenvalue weighted by atomic mass is 10.00.